The van der Waals surface area contributed by atoms with E-state index in [1.807, 2.05) is 0 Å². The second kappa shape index (κ2) is 7.76. The fraction of sp³-hybridized carbons (Fsp3) is 0.500. The first kappa shape index (κ1) is 18.4. The van der Waals surface area contributed by atoms with E-state index < -0.39 is 15.9 Å². The number of esters is 1. The molecule has 1 saturated carbocycles. The highest BCUT2D eigenvalue weighted by Crippen LogP contribution is 2.25. The van der Waals surface area contributed by atoms with Crippen molar-refractivity contribution < 1.29 is 22.7 Å². The van der Waals surface area contributed by atoms with Crippen LogP contribution in [-0.2, 0) is 24.3 Å². The molecule has 1 N–H and O–H groups in total. The van der Waals surface area contributed by atoms with Crippen LogP contribution in [-0.4, -0.2) is 45.3 Å². The van der Waals surface area contributed by atoms with Gasteiger partial charge in [0.25, 0.3) is 5.91 Å². The molecular formula is C16H22N2O5S. The fourth-order valence-corrected chi connectivity index (χ4v) is 3.51. The van der Waals surface area contributed by atoms with Gasteiger partial charge in [-0.05, 0) is 31.0 Å². The third-order valence-corrected chi connectivity index (χ3v) is 5.74. The molecule has 0 aromatic heterocycles. The van der Waals surface area contributed by atoms with Gasteiger partial charge in [0.2, 0.25) is 10.0 Å². The number of carbonyl (C=O) groups excluding carboxylic acids is 2. The number of rotatable bonds is 6. The molecule has 2 rings (SSSR count). The van der Waals surface area contributed by atoms with Crippen LogP contribution in [0.3, 0.4) is 0 Å². The van der Waals surface area contributed by atoms with Gasteiger partial charge in [0.1, 0.15) is 0 Å². The van der Waals surface area contributed by atoms with Crippen LogP contribution in [0.4, 0.5) is 5.69 Å². The maximum Gasteiger partial charge on any atom is 0.309 e. The molecule has 1 aliphatic carbocycles. The molecule has 0 spiro atoms. The molecule has 1 fully saturated rings. The van der Waals surface area contributed by atoms with Gasteiger partial charge in [-0.3, -0.25) is 9.59 Å². The highest BCUT2D eigenvalue weighted by Gasteiger charge is 2.24. The van der Waals surface area contributed by atoms with E-state index in [1.165, 1.54) is 32.3 Å². The normalized spacial score (nSPS) is 15.5. The lowest BCUT2D eigenvalue weighted by Crippen LogP contribution is -2.24. The van der Waals surface area contributed by atoms with Crippen molar-refractivity contribution in [3.05, 3.63) is 24.3 Å². The average Bonchev–Trinajstić information content (AvgIpc) is 3.07. The van der Waals surface area contributed by atoms with Crippen molar-refractivity contribution in [1.82, 2.24) is 4.31 Å². The molecular weight excluding hydrogens is 332 g/mol. The summed E-state index contributed by atoms with van der Waals surface area (Å²) in [6.45, 7) is -0.375. The van der Waals surface area contributed by atoms with Gasteiger partial charge >= 0.3 is 5.97 Å². The molecule has 0 bridgehead atoms. The first-order valence-corrected chi connectivity index (χ1v) is 9.24. The summed E-state index contributed by atoms with van der Waals surface area (Å²) in [5.74, 6) is -0.946. The number of nitrogens with one attached hydrogen (secondary N) is 1. The largest absolute Gasteiger partial charge is 0.455 e. The molecule has 0 heterocycles. The Balaban J connectivity index is 1.93. The van der Waals surface area contributed by atoms with Gasteiger partial charge in [-0.25, -0.2) is 12.7 Å². The molecule has 0 atom stereocenters. The van der Waals surface area contributed by atoms with Crippen LogP contribution in [0.2, 0.25) is 0 Å². The zero-order valence-corrected chi connectivity index (χ0v) is 14.6. The lowest BCUT2D eigenvalue weighted by molar-refractivity contribution is -0.151. The topological polar surface area (TPSA) is 92.8 Å². The van der Waals surface area contributed by atoms with Crippen LogP contribution in [0.5, 0.6) is 0 Å². The molecule has 132 valence electrons. The molecule has 1 aromatic rings. The fourth-order valence-electron chi connectivity index (χ4n) is 2.56. The van der Waals surface area contributed by atoms with Crippen molar-refractivity contribution in [1.29, 1.82) is 0 Å². The Morgan fingerprint density at radius 1 is 1.25 bits per heavy atom. The Morgan fingerprint density at radius 3 is 2.54 bits per heavy atom. The molecule has 8 heteroatoms. The summed E-state index contributed by atoms with van der Waals surface area (Å²) in [6, 6.07) is 5.93. The average molecular weight is 354 g/mol. The Kier molecular flexibility index (Phi) is 5.95. The number of nitrogens with zero attached hydrogens (tertiary/aromatic N) is 1. The summed E-state index contributed by atoms with van der Waals surface area (Å²) in [4.78, 5) is 23.7. The predicted molar refractivity (Wildman–Crippen MR) is 88.9 cm³/mol. The van der Waals surface area contributed by atoms with Crippen LogP contribution < -0.4 is 5.32 Å². The molecule has 0 unspecified atom stereocenters. The smallest absolute Gasteiger partial charge is 0.309 e. The SMILES string of the molecule is CN(C)S(=O)(=O)c1cccc(NC(=O)COC(=O)C2CCCC2)c1. The maximum absolute atomic E-state index is 12.1. The lowest BCUT2D eigenvalue weighted by Gasteiger charge is -2.13. The number of carbonyl (C=O) groups is 2. The van der Waals surface area contributed by atoms with E-state index in [0.29, 0.717) is 5.69 Å². The van der Waals surface area contributed by atoms with Gasteiger partial charge < -0.3 is 10.1 Å². The second-order valence-electron chi connectivity index (χ2n) is 5.95. The van der Waals surface area contributed by atoms with Crippen LogP contribution in [0.25, 0.3) is 0 Å². The lowest BCUT2D eigenvalue weighted by atomic mass is 10.1. The minimum Gasteiger partial charge on any atom is -0.455 e. The summed E-state index contributed by atoms with van der Waals surface area (Å²) in [5.41, 5.74) is 0.333. The number of anilines is 1. The summed E-state index contributed by atoms with van der Waals surface area (Å²) in [5, 5.41) is 2.54. The summed E-state index contributed by atoms with van der Waals surface area (Å²) in [7, 11) is -0.708. The first-order chi connectivity index (χ1) is 11.3. The molecule has 7 nitrogen and oxygen atoms in total. The predicted octanol–water partition coefficient (Wildman–Crippen LogP) is 1.61. The minimum atomic E-state index is -3.58. The Hall–Kier alpha value is -1.93. The van der Waals surface area contributed by atoms with Crippen molar-refractivity contribution in [2.45, 2.75) is 30.6 Å². The van der Waals surface area contributed by atoms with Crippen LogP contribution in [0.1, 0.15) is 25.7 Å². The van der Waals surface area contributed by atoms with Crippen molar-refractivity contribution in [2.75, 3.05) is 26.0 Å². The zero-order valence-electron chi connectivity index (χ0n) is 13.8. The minimum absolute atomic E-state index is 0.0771. The van der Waals surface area contributed by atoms with E-state index in [4.69, 9.17) is 4.74 Å². The van der Waals surface area contributed by atoms with Crippen molar-refractivity contribution in [3.8, 4) is 0 Å². The van der Waals surface area contributed by atoms with E-state index >= 15 is 0 Å². The molecule has 1 amide bonds. The van der Waals surface area contributed by atoms with Crippen molar-refractivity contribution in [3.63, 3.8) is 0 Å². The Morgan fingerprint density at radius 2 is 1.92 bits per heavy atom. The van der Waals surface area contributed by atoms with E-state index in [9.17, 15) is 18.0 Å². The zero-order chi connectivity index (χ0) is 17.7. The van der Waals surface area contributed by atoms with Gasteiger partial charge in [0.05, 0.1) is 10.8 Å². The number of ether oxygens (including phenoxy) is 1. The number of hydrogen-bond donors (Lipinski definition) is 1. The first-order valence-electron chi connectivity index (χ1n) is 7.80. The van der Waals surface area contributed by atoms with Crippen molar-refractivity contribution >= 4 is 27.6 Å². The Labute approximate surface area is 142 Å². The molecule has 1 aliphatic rings. The van der Waals surface area contributed by atoms with Crippen LogP contribution in [0.15, 0.2) is 29.2 Å². The van der Waals surface area contributed by atoms with E-state index in [-0.39, 0.29) is 23.4 Å². The Bertz CT molecular complexity index is 709. The maximum atomic E-state index is 12.1. The van der Waals surface area contributed by atoms with Gasteiger partial charge in [-0.2, -0.15) is 0 Å². The number of hydrogen-bond acceptors (Lipinski definition) is 5. The molecule has 1 aromatic carbocycles. The standard InChI is InChI=1S/C16H22N2O5S/c1-18(2)24(21,22)14-9-5-8-13(10-14)17-15(19)11-23-16(20)12-6-3-4-7-12/h5,8-10,12H,3-4,6-7,11H2,1-2H3,(H,17,19). The van der Waals surface area contributed by atoms with Gasteiger partial charge in [0.15, 0.2) is 6.61 Å². The second-order valence-corrected chi connectivity index (χ2v) is 8.10. The van der Waals surface area contributed by atoms with E-state index in [0.717, 1.165) is 30.0 Å². The van der Waals surface area contributed by atoms with E-state index in [2.05, 4.69) is 5.32 Å². The van der Waals surface area contributed by atoms with Crippen molar-refractivity contribution in [2.24, 2.45) is 5.92 Å². The third-order valence-electron chi connectivity index (χ3n) is 3.93. The number of amides is 1. The van der Waals surface area contributed by atoms with Gasteiger partial charge in [-0.1, -0.05) is 18.9 Å². The summed E-state index contributed by atoms with van der Waals surface area (Å²) in [6.07, 6.45) is 3.65. The van der Waals surface area contributed by atoms with E-state index in [1.54, 1.807) is 6.07 Å². The monoisotopic (exact) mass is 354 g/mol. The molecule has 0 radical (unpaired) electrons. The highest BCUT2D eigenvalue weighted by atomic mass is 32.2. The number of benzene rings is 1. The third kappa shape index (κ3) is 4.55. The van der Waals surface area contributed by atoms with Crippen LogP contribution in [0, 0.1) is 5.92 Å². The van der Waals surface area contributed by atoms with Gasteiger partial charge in [0, 0.05) is 19.8 Å². The molecule has 0 saturated heterocycles. The molecule has 24 heavy (non-hydrogen) atoms. The quantitative estimate of drug-likeness (QED) is 0.784. The number of sulfonamides is 1. The van der Waals surface area contributed by atoms with Gasteiger partial charge in [-0.15, -0.1) is 0 Å². The van der Waals surface area contributed by atoms with Crippen LogP contribution >= 0.6 is 0 Å². The summed E-state index contributed by atoms with van der Waals surface area (Å²) < 4.78 is 30.3. The highest BCUT2D eigenvalue weighted by molar-refractivity contribution is 7.89. The summed E-state index contributed by atoms with van der Waals surface area (Å²) >= 11 is 0. The molecule has 0 aliphatic heterocycles.